The number of alkyl halides is 3. The second-order valence-corrected chi connectivity index (χ2v) is 8.40. The molecule has 3 N–H and O–H groups in total. The minimum Gasteiger partial charge on any atom is -0.493 e. The molecule has 8 nitrogen and oxygen atoms in total. The van der Waals surface area contributed by atoms with E-state index in [2.05, 4.69) is 15.0 Å². The molecule has 194 valence electrons. The summed E-state index contributed by atoms with van der Waals surface area (Å²) in [5.41, 5.74) is 5.50. The van der Waals surface area contributed by atoms with E-state index in [-0.39, 0.29) is 34.4 Å². The first-order valence-corrected chi connectivity index (χ1v) is 11.0. The topological polar surface area (TPSA) is 113 Å². The predicted octanol–water partition coefficient (Wildman–Crippen LogP) is 5.39. The quantitative estimate of drug-likeness (QED) is 0.386. The highest BCUT2D eigenvalue weighted by Crippen LogP contribution is 2.47. The Morgan fingerprint density at radius 3 is 2.41 bits per heavy atom. The number of pyridine rings is 1. The van der Waals surface area contributed by atoms with Gasteiger partial charge < -0.3 is 25.3 Å². The number of carbonyl (C=O) groups excluding carboxylic acids is 2. The minimum atomic E-state index is -4.89. The van der Waals surface area contributed by atoms with Gasteiger partial charge in [0.05, 0.1) is 12.7 Å². The minimum absolute atomic E-state index is 0.0184. The standard InChI is InChI=1S/C25H21F4N3O5/c1-12-7-15(12)19-10-21(36-20-6-4-14(9-22(20)35-2)37-25(27,28)29)17(11-31-19)24(34)32-13-3-5-18(26)16(8-13)23(30)33/h3-6,8-12,15H,7H2,1-2H3,(H2,30,33)(H,32,34)/t12-,15?/m1/s1. The van der Waals surface area contributed by atoms with Crippen LogP contribution in [0, 0.1) is 11.7 Å². The number of nitrogens with zero attached hydrogens (tertiary/aromatic N) is 1. The maximum absolute atomic E-state index is 13.8. The first kappa shape index (κ1) is 25.7. The molecule has 3 aromatic rings. The smallest absolute Gasteiger partial charge is 0.493 e. The first-order valence-electron chi connectivity index (χ1n) is 11.0. The van der Waals surface area contributed by atoms with E-state index in [1.54, 1.807) is 6.07 Å². The van der Waals surface area contributed by atoms with E-state index in [0.29, 0.717) is 11.6 Å². The third-order valence-electron chi connectivity index (χ3n) is 5.70. The molecule has 2 atom stereocenters. The average Bonchev–Trinajstić information content (AvgIpc) is 3.56. The third kappa shape index (κ3) is 6.08. The van der Waals surface area contributed by atoms with Gasteiger partial charge >= 0.3 is 6.36 Å². The number of rotatable bonds is 8. The number of amides is 2. The highest BCUT2D eigenvalue weighted by atomic mass is 19.4. The lowest BCUT2D eigenvalue weighted by Gasteiger charge is -2.16. The van der Waals surface area contributed by atoms with Gasteiger partial charge in [0.15, 0.2) is 11.5 Å². The van der Waals surface area contributed by atoms with Crippen LogP contribution >= 0.6 is 0 Å². The van der Waals surface area contributed by atoms with Gasteiger partial charge in [-0.2, -0.15) is 0 Å². The lowest BCUT2D eigenvalue weighted by atomic mass is 10.1. The lowest BCUT2D eigenvalue weighted by Crippen LogP contribution is -2.17. The summed E-state index contributed by atoms with van der Waals surface area (Å²) in [5.74, 6) is -2.51. The Bertz CT molecular complexity index is 1360. The van der Waals surface area contributed by atoms with Gasteiger partial charge in [0.2, 0.25) is 0 Å². The van der Waals surface area contributed by atoms with Crippen LogP contribution in [-0.2, 0) is 0 Å². The molecule has 1 unspecified atom stereocenters. The van der Waals surface area contributed by atoms with E-state index in [1.165, 1.54) is 25.4 Å². The Morgan fingerprint density at radius 1 is 1.05 bits per heavy atom. The Morgan fingerprint density at radius 2 is 1.78 bits per heavy atom. The zero-order valence-corrected chi connectivity index (χ0v) is 19.6. The maximum Gasteiger partial charge on any atom is 0.573 e. The van der Waals surface area contributed by atoms with Gasteiger partial charge in [0.1, 0.15) is 22.9 Å². The summed E-state index contributed by atoms with van der Waals surface area (Å²) in [6.45, 7) is 2.04. The monoisotopic (exact) mass is 519 g/mol. The van der Waals surface area contributed by atoms with Gasteiger partial charge in [-0.25, -0.2) is 4.39 Å². The van der Waals surface area contributed by atoms with Crippen LogP contribution < -0.4 is 25.3 Å². The highest BCUT2D eigenvalue weighted by molar-refractivity contribution is 6.06. The molecule has 1 aliphatic carbocycles. The average molecular weight is 519 g/mol. The second kappa shape index (κ2) is 9.96. The summed E-state index contributed by atoms with van der Waals surface area (Å²) in [4.78, 5) is 28.9. The molecule has 1 fully saturated rings. The number of primary amides is 1. The molecule has 1 saturated carbocycles. The number of nitrogens with one attached hydrogen (secondary N) is 1. The van der Waals surface area contributed by atoms with Crippen LogP contribution in [-0.4, -0.2) is 30.3 Å². The molecule has 4 rings (SSSR count). The maximum atomic E-state index is 13.8. The number of hydrogen-bond acceptors (Lipinski definition) is 6. The lowest BCUT2D eigenvalue weighted by molar-refractivity contribution is -0.274. The Balaban J connectivity index is 1.66. The van der Waals surface area contributed by atoms with Gasteiger partial charge in [-0.15, -0.1) is 13.2 Å². The van der Waals surface area contributed by atoms with Crippen LogP contribution in [0.5, 0.6) is 23.0 Å². The number of nitrogens with two attached hydrogens (primary N) is 1. The Kier molecular flexibility index (Phi) is 6.92. The Labute approximate surface area is 208 Å². The van der Waals surface area contributed by atoms with E-state index in [0.717, 1.165) is 30.7 Å². The number of methoxy groups -OCH3 is 1. The van der Waals surface area contributed by atoms with Gasteiger partial charge in [-0.1, -0.05) is 6.92 Å². The van der Waals surface area contributed by atoms with Crippen molar-refractivity contribution in [2.24, 2.45) is 11.7 Å². The molecule has 1 aliphatic rings. The summed E-state index contributed by atoms with van der Waals surface area (Å²) in [6.07, 6.45) is -2.69. The second-order valence-electron chi connectivity index (χ2n) is 8.40. The van der Waals surface area contributed by atoms with Crippen molar-refractivity contribution in [1.82, 2.24) is 4.98 Å². The number of halogens is 4. The van der Waals surface area contributed by atoms with E-state index in [9.17, 15) is 27.2 Å². The molecule has 0 spiro atoms. The van der Waals surface area contributed by atoms with Crippen LogP contribution in [0.3, 0.4) is 0 Å². The Hall–Kier alpha value is -4.35. The molecule has 0 aliphatic heterocycles. The van der Waals surface area contributed by atoms with E-state index in [1.807, 2.05) is 6.92 Å². The molecule has 0 saturated heterocycles. The van der Waals surface area contributed by atoms with E-state index < -0.39 is 35.3 Å². The summed E-state index contributed by atoms with van der Waals surface area (Å²) < 4.78 is 66.6. The fourth-order valence-corrected chi connectivity index (χ4v) is 3.68. The molecule has 37 heavy (non-hydrogen) atoms. The summed E-state index contributed by atoms with van der Waals surface area (Å²) in [5, 5.41) is 2.53. The van der Waals surface area contributed by atoms with Gasteiger partial charge in [-0.3, -0.25) is 14.6 Å². The molecule has 0 bridgehead atoms. The third-order valence-corrected chi connectivity index (χ3v) is 5.70. The number of anilines is 1. The van der Waals surface area contributed by atoms with Crippen LogP contribution in [0.2, 0.25) is 0 Å². The number of ether oxygens (including phenoxy) is 3. The van der Waals surface area contributed by atoms with Crippen LogP contribution in [0.4, 0.5) is 23.2 Å². The van der Waals surface area contributed by atoms with E-state index in [4.69, 9.17) is 15.2 Å². The van der Waals surface area contributed by atoms with Crippen molar-refractivity contribution < 1.29 is 41.4 Å². The number of benzene rings is 2. The van der Waals surface area contributed by atoms with Crippen molar-refractivity contribution in [2.75, 3.05) is 12.4 Å². The van der Waals surface area contributed by atoms with Crippen LogP contribution in [0.1, 0.15) is 45.7 Å². The molecule has 1 heterocycles. The molecule has 2 amide bonds. The largest absolute Gasteiger partial charge is 0.573 e. The van der Waals surface area contributed by atoms with Crippen molar-refractivity contribution in [3.8, 4) is 23.0 Å². The van der Waals surface area contributed by atoms with Crippen LogP contribution in [0.15, 0.2) is 48.7 Å². The first-order chi connectivity index (χ1) is 17.4. The van der Waals surface area contributed by atoms with E-state index >= 15 is 0 Å². The SMILES string of the molecule is COc1cc(OC(F)(F)F)ccc1Oc1cc(C2C[C@H]2C)ncc1C(=O)Nc1ccc(F)c(C(N)=O)c1. The zero-order valence-electron chi connectivity index (χ0n) is 19.6. The number of carbonyl (C=O) groups is 2. The van der Waals surface area contributed by atoms with Gasteiger partial charge in [-0.05, 0) is 42.7 Å². The predicted molar refractivity (Wildman–Crippen MR) is 123 cm³/mol. The van der Waals surface area contributed by atoms with Crippen molar-refractivity contribution in [2.45, 2.75) is 25.6 Å². The molecular weight excluding hydrogens is 498 g/mol. The fraction of sp³-hybridized carbons (Fsp3) is 0.240. The molecule has 0 radical (unpaired) electrons. The summed E-state index contributed by atoms with van der Waals surface area (Å²) in [7, 11) is 1.24. The van der Waals surface area contributed by atoms with Gasteiger partial charge in [0, 0.05) is 35.6 Å². The fourth-order valence-electron chi connectivity index (χ4n) is 3.68. The molecule has 1 aromatic heterocycles. The van der Waals surface area contributed by atoms with Crippen molar-refractivity contribution in [1.29, 1.82) is 0 Å². The normalized spacial score (nSPS) is 16.6. The van der Waals surface area contributed by atoms with Crippen molar-refractivity contribution >= 4 is 17.5 Å². The number of aromatic nitrogens is 1. The molecule has 12 heteroatoms. The zero-order chi connectivity index (χ0) is 26.9. The highest BCUT2D eigenvalue weighted by Gasteiger charge is 2.36. The van der Waals surface area contributed by atoms with Crippen LogP contribution in [0.25, 0.3) is 0 Å². The van der Waals surface area contributed by atoms with Gasteiger partial charge in [0.25, 0.3) is 11.8 Å². The van der Waals surface area contributed by atoms with Crippen molar-refractivity contribution in [3.05, 3.63) is 71.3 Å². The summed E-state index contributed by atoms with van der Waals surface area (Å²) >= 11 is 0. The molecule has 2 aromatic carbocycles. The van der Waals surface area contributed by atoms with Crippen molar-refractivity contribution in [3.63, 3.8) is 0 Å². The number of hydrogen-bond donors (Lipinski definition) is 2. The summed E-state index contributed by atoms with van der Waals surface area (Å²) in [6, 6.07) is 8.14. The molecular formula is C25H21F4N3O5.